The standard InChI is InChI=1S/C23H26FN7O/c1-13-8-30(12-19(13)25-3)20-6-5-16(21-17(20)11-29(4)28-21)23(32)27-15-7-18(24)22-26-14(2)9-31(22)10-15/h5-7,9-11,13,19,25H,8,12H2,1-4H3,(H,27,32)/t13-,19+/m1/s1. The van der Waals surface area contributed by atoms with Gasteiger partial charge < -0.3 is 19.9 Å². The maximum Gasteiger partial charge on any atom is 0.257 e. The number of carbonyl (C=O) groups is 1. The summed E-state index contributed by atoms with van der Waals surface area (Å²) in [5.74, 6) is -0.304. The van der Waals surface area contributed by atoms with Crippen LogP contribution in [0.25, 0.3) is 16.6 Å². The third kappa shape index (κ3) is 3.38. The van der Waals surface area contributed by atoms with Gasteiger partial charge >= 0.3 is 0 Å². The van der Waals surface area contributed by atoms with E-state index < -0.39 is 5.82 Å². The van der Waals surface area contributed by atoms with E-state index in [4.69, 9.17) is 0 Å². The van der Waals surface area contributed by atoms with E-state index in [-0.39, 0.29) is 11.6 Å². The first-order valence-corrected chi connectivity index (χ1v) is 10.7. The van der Waals surface area contributed by atoms with Crippen molar-refractivity contribution in [3.8, 4) is 0 Å². The zero-order chi connectivity index (χ0) is 22.6. The summed E-state index contributed by atoms with van der Waals surface area (Å²) < 4.78 is 17.7. The Hall–Kier alpha value is -3.46. The van der Waals surface area contributed by atoms with Crippen molar-refractivity contribution in [3.63, 3.8) is 0 Å². The fourth-order valence-electron chi connectivity index (χ4n) is 4.65. The van der Waals surface area contributed by atoms with Crippen molar-refractivity contribution in [2.45, 2.75) is 19.9 Å². The van der Waals surface area contributed by atoms with Gasteiger partial charge in [0.05, 0.1) is 16.9 Å². The molecule has 0 saturated carbocycles. The number of nitrogens with zero attached hydrogens (tertiary/aromatic N) is 5. The molecule has 1 aliphatic heterocycles. The van der Waals surface area contributed by atoms with Crippen LogP contribution >= 0.6 is 0 Å². The molecule has 8 nitrogen and oxygen atoms in total. The Balaban J connectivity index is 1.49. The smallest absolute Gasteiger partial charge is 0.257 e. The molecule has 9 heteroatoms. The number of aromatic nitrogens is 4. The highest BCUT2D eigenvalue weighted by Gasteiger charge is 2.30. The van der Waals surface area contributed by atoms with Gasteiger partial charge in [-0.1, -0.05) is 6.92 Å². The van der Waals surface area contributed by atoms with Crippen LogP contribution in [0.2, 0.25) is 0 Å². The summed E-state index contributed by atoms with van der Waals surface area (Å²) in [6.45, 7) is 5.87. The third-order valence-electron chi connectivity index (χ3n) is 6.22. The molecule has 4 aromatic rings. The second kappa shape index (κ2) is 7.59. The third-order valence-corrected chi connectivity index (χ3v) is 6.22. The molecule has 3 aromatic heterocycles. The SMILES string of the molecule is CN[C@H]1CN(c2ccc(C(=O)Nc3cc(F)c4nc(C)cn4c3)c3nn(C)cc23)C[C@H]1C. The minimum Gasteiger partial charge on any atom is -0.369 e. The first-order valence-electron chi connectivity index (χ1n) is 10.7. The van der Waals surface area contributed by atoms with E-state index in [2.05, 4.69) is 32.5 Å². The molecule has 0 spiro atoms. The Morgan fingerprint density at radius 2 is 2.03 bits per heavy atom. The number of likely N-dealkylation sites (N-methyl/N-ethyl adjacent to an activating group) is 1. The molecule has 0 unspecified atom stereocenters. The van der Waals surface area contributed by atoms with Crippen LogP contribution in [0.4, 0.5) is 15.8 Å². The van der Waals surface area contributed by atoms with Crippen molar-refractivity contribution in [3.05, 3.63) is 53.9 Å². The molecule has 1 saturated heterocycles. The summed E-state index contributed by atoms with van der Waals surface area (Å²) >= 11 is 0. The molecule has 5 rings (SSSR count). The van der Waals surface area contributed by atoms with E-state index in [1.54, 1.807) is 34.5 Å². The van der Waals surface area contributed by atoms with Crippen LogP contribution in [-0.4, -0.2) is 51.3 Å². The van der Waals surface area contributed by atoms with Crippen molar-refractivity contribution >= 4 is 33.8 Å². The first kappa shape index (κ1) is 20.4. The quantitative estimate of drug-likeness (QED) is 0.515. The number of rotatable bonds is 4. The van der Waals surface area contributed by atoms with E-state index >= 15 is 0 Å². The second-order valence-electron chi connectivity index (χ2n) is 8.62. The Morgan fingerprint density at radius 3 is 2.78 bits per heavy atom. The van der Waals surface area contributed by atoms with Gasteiger partial charge in [-0.05, 0) is 32.0 Å². The van der Waals surface area contributed by atoms with Gasteiger partial charge in [0.25, 0.3) is 5.91 Å². The Morgan fingerprint density at radius 1 is 1.22 bits per heavy atom. The van der Waals surface area contributed by atoms with Gasteiger partial charge in [-0.25, -0.2) is 9.37 Å². The fourth-order valence-corrected chi connectivity index (χ4v) is 4.65. The number of anilines is 2. The van der Waals surface area contributed by atoms with Crippen LogP contribution < -0.4 is 15.5 Å². The van der Waals surface area contributed by atoms with Crippen molar-refractivity contribution in [2.75, 3.05) is 30.4 Å². The van der Waals surface area contributed by atoms with Crippen LogP contribution in [0.5, 0.6) is 0 Å². The number of benzene rings is 1. The minimum absolute atomic E-state index is 0.233. The normalized spacial score (nSPS) is 18.7. The molecule has 1 aliphatic rings. The lowest BCUT2D eigenvalue weighted by Gasteiger charge is -2.20. The molecule has 0 aliphatic carbocycles. The summed E-state index contributed by atoms with van der Waals surface area (Å²) in [5, 5.41) is 11.7. The molecule has 0 bridgehead atoms. The number of nitrogens with one attached hydrogen (secondary N) is 2. The van der Waals surface area contributed by atoms with Crippen molar-refractivity contribution in [1.82, 2.24) is 24.5 Å². The average molecular weight is 436 g/mol. The van der Waals surface area contributed by atoms with Gasteiger partial charge in [-0.15, -0.1) is 0 Å². The number of halogens is 1. The van der Waals surface area contributed by atoms with Crippen LogP contribution in [0.3, 0.4) is 0 Å². The summed E-state index contributed by atoms with van der Waals surface area (Å²) in [4.78, 5) is 19.6. The first-order chi connectivity index (χ1) is 15.3. The Labute approximate surface area is 185 Å². The number of amides is 1. The Bertz CT molecular complexity index is 1340. The molecule has 1 amide bonds. The maximum absolute atomic E-state index is 14.4. The second-order valence-corrected chi connectivity index (χ2v) is 8.62. The summed E-state index contributed by atoms with van der Waals surface area (Å²) in [6, 6.07) is 5.48. The molecule has 4 heterocycles. The number of imidazole rings is 1. The zero-order valence-electron chi connectivity index (χ0n) is 18.6. The topological polar surface area (TPSA) is 79.5 Å². The molecular weight excluding hydrogens is 409 g/mol. The van der Waals surface area contributed by atoms with E-state index in [0.717, 1.165) is 24.2 Å². The van der Waals surface area contributed by atoms with Crippen LogP contribution in [0.15, 0.2) is 36.8 Å². The van der Waals surface area contributed by atoms with Gasteiger partial charge in [0, 0.05) is 61.9 Å². The molecule has 2 atom stereocenters. The van der Waals surface area contributed by atoms with Crippen LogP contribution in [-0.2, 0) is 7.05 Å². The monoisotopic (exact) mass is 435 g/mol. The number of aryl methyl sites for hydroxylation is 2. The highest BCUT2D eigenvalue weighted by Crippen LogP contribution is 2.33. The van der Waals surface area contributed by atoms with Gasteiger partial charge in [0.1, 0.15) is 5.52 Å². The lowest BCUT2D eigenvalue weighted by molar-refractivity contribution is 0.102. The average Bonchev–Trinajstić information content (AvgIpc) is 3.42. The molecule has 0 radical (unpaired) electrons. The summed E-state index contributed by atoms with van der Waals surface area (Å²) in [6.07, 6.45) is 5.32. The van der Waals surface area contributed by atoms with E-state index in [1.165, 1.54) is 6.07 Å². The van der Waals surface area contributed by atoms with Crippen LogP contribution in [0, 0.1) is 18.7 Å². The molecule has 166 valence electrons. The van der Waals surface area contributed by atoms with E-state index in [0.29, 0.717) is 34.4 Å². The maximum atomic E-state index is 14.4. The largest absolute Gasteiger partial charge is 0.369 e. The predicted octanol–water partition coefficient (Wildman–Crippen LogP) is 2.96. The number of hydrogen-bond donors (Lipinski definition) is 2. The summed E-state index contributed by atoms with van der Waals surface area (Å²) in [7, 11) is 3.84. The van der Waals surface area contributed by atoms with Gasteiger partial charge in [0.2, 0.25) is 0 Å². The van der Waals surface area contributed by atoms with Crippen molar-refractivity contribution < 1.29 is 9.18 Å². The van der Waals surface area contributed by atoms with Gasteiger partial charge in [-0.3, -0.25) is 9.48 Å². The van der Waals surface area contributed by atoms with Crippen molar-refractivity contribution in [1.29, 1.82) is 0 Å². The molecule has 1 fully saturated rings. The zero-order valence-corrected chi connectivity index (χ0v) is 18.6. The van der Waals surface area contributed by atoms with Crippen molar-refractivity contribution in [2.24, 2.45) is 13.0 Å². The highest BCUT2D eigenvalue weighted by molar-refractivity contribution is 6.13. The fraction of sp³-hybridized carbons (Fsp3) is 0.348. The molecule has 2 N–H and O–H groups in total. The molecule has 1 aromatic carbocycles. The highest BCUT2D eigenvalue weighted by atomic mass is 19.1. The minimum atomic E-state index is -0.489. The number of pyridine rings is 1. The predicted molar refractivity (Wildman–Crippen MR) is 123 cm³/mol. The molecule has 32 heavy (non-hydrogen) atoms. The number of hydrogen-bond acceptors (Lipinski definition) is 5. The molecular formula is C23H26FN7O. The lowest BCUT2D eigenvalue weighted by Crippen LogP contribution is -2.32. The van der Waals surface area contributed by atoms with Crippen LogP contribution in [0.1, 0.15) is 23.0 Å². The van der Waals surface area contributed by atoms with E-state index in [1.807, 2.05) is 26.4 Å². The Kier molecular flexibility index (Phi) is 4.85. The van der Waals surface area contributed by atoms with Gasteiger partial charge in [-0.2, -0.15) is 5.10 Å². The van der Waals surface area contributed by atoms with E-state index in [9.17, 15) is 9.18 Å². The van der Waals surface area contributed by atoms with Gasteiger partial charge in [0.15, 0.2) is 11.5 Å². The number of carbonyl (C=O) groups excluding carboxylic acids is 1. The number of fused-ring (bicyclic) bond motifs is 2. The lowest BCUT2D eigenvalue weighted by atomic mass is 10.1. The summed E-state index contributed by atoms with van der Waals surface area (Å²) in [5.41, 5.74) is 3.44.